The van der Waals surface area contributed by atoms with Crippen LogP contribution in [0.1, 0.15) is 16.1 Å². The number of carboxylic acid groups (broad SMARTS) is 1. The third-order valence-corrected chi connectivity index (χ3v) is 3.81. The lowest BCUT2D eigenvalue weighted by atomic mass is 10.3. The molecule has 106 valence electrons. The van der Waals surface area contributed by atoms with Crippen molar-refractivity contribution in [2.45, 2.75) is 10.8 Å². The summed E-state index contributed by atoms with van der Waals surface area (Å²) in [4.78, 5) is 10.7. The smallest absolute Gasteiger partial charge is 0.371 e. The monoisotopic (exact) mass is 300 g/mol. The summed E-state index contributed by atoms with van der Waals surface area (Å²) in [7, 11) is 0. The third kappa shape index (κ3) is 3.17. The number of carbonyl (C=O) groups is 1. The molecular formula is C15H12N2O3S. The van der Waals surface area contributed by atoms with Gasteiger partial charge in [0.15, 0.2) is 5.09 Å². The van der Waals surface area contributed by atoms with Crippen LogP contribution in [-0.2, 0) is 5.75 Å². The molecule has 21 heavy (non-hydrogen) atoms. The van der Waals surface area contributed by atoms with Crippen LogP contribution in [0, 0.1) is 0 Å². The first-order valence-corrected chi connectivity index (χ1v) is 7.26. The average Bonchev–Trinajstić information content (AvgIpc) is 3.15. The SMILES string of the molecule is O=C(O)c1ccc(SCc2cnn(-c3ccccc3)c2)o1. The fourth-order valence-electron chi connectivity index (χ4n) is 1.82. The number of rotatable bonds is 5. The number of hydrogen-bond donors (Lipinski definition) is 1. The minimum Gasteiger partial charge on any atom is -0.475 e. The Bertz CT molecular complexity index is 749. The summed E-state index contributed by atoms with van der Waals surface area (Å²) in [6.45, 7) is 0. The van der Waals surface area contributed by atoms with E-state index in [0.717, 1.165) is 11.3 Å². The van der Waals surface area contributed by atoms with Crippen molar-refractivity contribution in [1.82, 2.24) is 9.78 Å². The van der Waals surface area contributed by atoms with Gasteiger partial charge in [0.25, 0.3) is 0 Å². The van der Waals surface area contributed by atoms with Crippen molar-refractivity contribution < 1.29 is 14.3 Å². The number of hydrogen-bond acceptors (Lipinski definition) is 4. The van der Waals surface area contributed by atoms with Crippen LogP contribution >= 0.6 is 11.8 Å². The predicted molar refractivity (Wildman–Crippen MR) is 78.8 cm³/mol. The number of carboxylic acids is 1. The lowest BCUT2D eigenvalue weighted by Crippen LogP contribution is -1.92. The number of para-hydroxylation sites is 1. The summed E-state index contributed by atoms with van der Waals surface area (Å²) in [6, 6.07) is 13.0. The first kappa shape index (κ1) is 13.5. The van der Waals surface area contributed by atoms with E-state index in [9.17, 15) is 4.79 Å². The second-order valence-corrected chi connectivity index (χ2v) is 5.32. The Morgan fingerprint density at radius 1 is 1.24 bits per heavy atom. The van der Waals surface area contributed by atoms with Crippen LogP contribution in [0.15, 0.2) is 64.4 Å². The molecule has 0 saturated heterocycles. The molecule has 3 aromatic rings. The van der Waals surface area contributed by atoms with Gasteiger partial charge < -0.3 is 9.52 Å². The molecule has 0 radical (unpaired) electrons. The van der Waals surface area contributed by atoms with E-state index < -0.39 is 5.97 Å². The lowest BCUT2D eigenvalue weighted by Gasteiger charge is -1.99. The van der Waals surface area contributed by atoms with Crippen molar-refractivity contribution in [1.29, 1.82) is 0 Å². The van der Waals surface area contributed by atoms with Crippen molar-refractivity contribution in [3.05, 3.63) is 66.2 Å². The Morgan fingerprint density at radius 2 is 2.05 bits per heavy atom. The number of nitrogens with zero attached hydrogens (tertiary/aromatic N) is 2. The molecule has 0 bridgehead atoms. The van der Waals surface area contributed by atoms with Gasteiger partial charge in [-0.25, -0.2) is 9.48 Å². The predicted octanol–water partition coefficient (Wildman–Crippen LogP) is 3.46. The Morgan fingerprint density at radius 3 is 2.76 bits per heavy atom. The fraction of sp³-hybridized carbons (Fsp3) is 0.0667. The molecule has 0 amide bonds. The number of aromatic carboxylic acids is 1. The van der Waals surface area contributed by atoms with Crippen LogP contribution in [0.25, 0.3) is 5.69 Å². The van der Waals surface area contributed by atoms with Crippen molar-refractivity contribution >= 4 is 17.7 Å². The normalized spacial score (nSPS) is 10.7. The van der Waals surface area contributed by atoms with Crippen LogP contribution in [0.3, 0.4) is 0 Å². The quantitative estimate of drug-likeness (QED) is 0.731. The maximum atomic E-state index is 10.7. The zero-order valence-corrected chi connectivity index (χ0v) is 11.8. The highest BCUT2D eigenvalue weighted by Gasteiger charge is 2.09. The molecule has 2 aromatic heterocycles. The van der Waals surface area contributed by atoms with Crippen molar-refractivity contribution in [3.63, 3.8) is 0 Å². The van der Waals surface area contributed by atoms with Gasteiger partial charge in [0.1, 0.15) is 0 Å². The molecule has 1 aromatic carbocycles. The second kappa shape index (κ2) is 5.88. The van der Waals surface area contributed by atoms with E-state index in [1.807, 2.05) is 36.5 Å². The molecule has 0 aliphatic rings. The topological polar surface area (TPSA) is 68.3 Å². The van der Waals surface area contributed by atoms with Gasteiger partial charge >= 0.3 is 5.97 Å². The Hall–Kier alpha value is -2.47. The molecule has 0 atom stereocenters. The molecule has 0 saturated carbocycles. The van der Waals surface area contributed by atoms with Crippen LogP contribution in [0.2, 0.25) is 0 Å². The number of furan rings is 1. The largest absolute Gasteiger partial charge is 0.475 e. The van der Waals surface area contributed by atoms with E-state index in [4.69, 9.17) is 9.52 Å². The summed E-state index contributed by atoms with van der Waals surface area (Å²) in [5, 5.41) is 13.7. The maximum absolute atomic E-state index is 10.7. The van der Waals surface area contributed by atoms with Gasteiger partial charge in [0, 0.05) is 17.5 Å². The van der Waals surface area contributed by atoms with Gasteiger partial charge in [-0.1, -0.05) is 30.0 Å². The molecule has 6 heteroatoms. The Kier molecular flexibility index (Phi) is 3.79. The molecule has 3 rings (SSSR count). The van der Waals surface area contributed by atoms with Crippen molar-refractivity contribution in [2.24, 2.45) is 0 Å². The van der Waals surface area contributed by atoms with Crippen molar-refractivity contribution in [2.75, 3.05) is 0 Å². The van der Waals surface area contributed by atoms with Crippen LogP contribution in [0.5, 0.6) is 0 Å². The van der Waals surface area contributed by atoms with E-state index in [1.54, 1.807) is 16.9 Å². The van der Waals surface area contributed by atoms with E-state index in [1.165, 1.54) is 17.8 Å². The molecule has 2 heterocycles. The van der Waals surface area contributed by atoms with Gasteiger partial charge in [0.2, 0.25) is 5.76 Å². The average molecular weight is 300 g/mol. The van der Waals surface area contributed by atoms with Crippen LogP contribution in [-0.4, -0.2) is 20.9 Å². The first-order valence-electron chi connectivity index (χ1n) is 6.27. The molecule has 5 nitrogen and oxygen atoms in total. The summed E-state index contributed by atoms with van der Waals surface area (Å²) < 4.78 is 7.00. The highest BCUT2D eigenvalue weighted by Crippen LogP contribution is 2.25. The van der Waals surface area contributed by atoms with Crippen molar-refractivity contribution in [3.8, 4) is 5.69 Å². The standard InChI is InChI=1S/C15H12N2O3S/c18-15(19)13-6-7-14(20-13)21-10-11-8-16-17(9-11)12-4-2-1-3-5-12/h1-9H,10H2,(H,18,19). The second-order valence-electron chi connectivity index (χ2n) is 4.34. The summed E-state index contributed by atoms with van der Waals surface area (Å²) >= 11 is 1.44. The Balaban J connectivity index is 1.66. The van der Waals surface area contributed by atoms with Gasteiger partial charge in [-0.05, 0) is 24.3 Å². The van der Waals surface area contributed by atoms with Gasteiger partial charge in [0.05, 0.1) is 11.9 Å². The molecule has 0 unspecified atom stereocenters. The van der Waals surface area contributed by atoms with E-state index in [2.05, 4.69) is 5.10 Å². The zero-order valence-electron chi connectivity index (χ0n) is 11.0. The third-order valence-electron chi connectivity index (χ3n) is 2.83. The first-order chi connectivity index (χ1) is 10.2. The zero-order chi connectivity index (χ0) is 14.7. The number of benzene rings is 1. The number of aromatic nitrogens is 2. The van der Waals surface area contributed by atoms with Crippen LogP contribution < -0.4 is 0 Å². The summed E-state index contributed by atoms with van der Waals surface area (Å²) in [5.41, 5.74) is 2.04. The maximum Gasteiger partial charge on any atom is 0.371 e. The van der Waals surface area contributed by atoms with E-state index in [-0.39, 0.29) is 5.76 Å². The van der Waals surface area contributed by atoms with E-state index >= 15 is 0 Å². The highest BCUT2D eigenvalue weighted by molar-refractivity contribution is 7.98. The van der Waals surface area contributed by atoms with E-state index in [0.29, 0.717) is 10.8 Å². The number of thioether (sulfide) groups is 1. The molecular weight excluding hydrogens is 288 g/mol. The Labute approximate surface area is 125 Å². The molecule has 0 aliphatic heterocycles. The molecule has 0 spiro atoms. The minimum atomic E-state index is -1.06. The van der Waals surface area contributed by atoms with Crippen LogP contribution in [0.4, 0.5) is 0 Å². The fourth-order valence-corrected chi connectivity index (χ4v) is 2.59. The van der Waals surface area contributed by atoms with Gasteiger partial charge in [-0.2, -0.15) is 5.10 Å². The molecule has 0 fully saturated rings. The highest BCUT2D eigenvalue weighted by atomic mass is 32.2. The summed E-state index contributed by atoms with van der Waals surface area (Å²) in [6.07, 6.45) is 3.74. The lowest BCUT2D eigenvalue weighted by molar-refractivity contribution is 0.0656. The summed E-state index contributed by atoms with van der Waals surface area (Å²) in [5.74, 6) is -0.435. The minimum absolute atomic E-state index is 0.0440. The van der Waals surface area contributed by atoms with Gasteiger partial charge in [-0.15, -0.1) is 0 Å². The molecule has 1 N–H and O–H groups in total. The van der Waals surface area contributed by atoms with Gasteiger partial charge in [-0.3, -0.25) is 0 Å². The molecule has 0 aliphatic carbocycles.